The quantitative estimate of drug-likeness (QED) is 0.568. The van der Waals surface area contributed by atoms with Crippen molar-refractivity contribution in [1.29, 1.82) is 0 Å². The largest absolute Gasteiger partial charge is 0.486 e. The molecular formula is C19H19ClN2O3S. The molecule has 0 N–H and O–H groups in total. The number of amides is 1. The number of aromatic nitrogens is 1. The lowest BCUT2D eigenvalue weighted by Gasteiger charge is -2.24. The van der Waals surface area contributed by atoms with Crippen molar-refractivity contribution in [2.45, 2.75) is 33.0 Å². The first-order valence-corrected chi connectivity index (χ1v) is 9.45. The Balaban J connectivity index is 1.62. The van der Waals surface area contributed by atoms with Crippen molar-refractivity contribution in [3.8, 4) is 5.75 Å². The Morgan fingerprint density at radius 2 is 2.08 bits per heavy atom. The maximum atomic E-state index is 12.6. The van der Waals surface area contributed by atoms with Gasteiger partial charge in [0.05, 0.1) is 18.5 Å². The fraction of sp³-hybridized carbons (Fsp3) is 0.263. The van der Waals surface area contributed by atoms with Gasteiger partial charge >= 0.3 is 0 Å². The van der Waals surface area contributed by atoms with E-state index in [4.69, 9.17) is 20.8 Å². The van der Waals surface area contributed by atoms with E-state index in [0.29, 0.717) is 23.9 Å². The van der Waals surface area contributed by atoms with Gasteiger partial charge in [-0.3, -0.25) is 4.79 Å². The van der Waals surface area contributed by atoms with E-state index >= 15 is 0 Å². The number of carbonyl (C=O) groups excluding carboxylic acids is 1. The summed E-state index contributed by atoms with van der Waals surface area (Å²) in [5, 5.41) is 3.47. The van der Waals surface area contributed by atoms with Crippen LogP contribution in [0.3, 0.4) is 0 Å². The molecule has 5 nitrogen and oxygen atoms in total. The Morgan fingerprint density at radius 1 is 1.31 bits per heavy atom. The summed E-state index contributed by atoms with van der Waals surface area (Å²) in [5.74, 6) is 0.931. The molecule has 2 heterocycles. The van der Waals surface area contributed by atoms with Gasteiger partial charge in [0.1, 0.15) is 17.4 Å². The van der Waals surface area contributed by atoms with Crippen LogP contribution in [0.5, 0.6) is 5.75 Å². The molecule has 3 rings (SSSR count). The van der Waals surface area contributed by atoms with Gasteiger partial charge in [-0.05, 0) is 50.2 Å². The molecule has 0 saturated heterocycles. The van der Waals surface area contributed by atoms with Gasteiger partial charge < -0.3 is 14.1 Å². The lowest BCUT2D eigenvalue weighted by Crippen LogP contribution is -2.36. The fourth-order valence-electron chi connectivity index (χ4n) is 2.37. The van der Waals surface area contributed by atoms with Gasteiger partial charge in [0.2, 0.25) is 0 Å². The lowest BCUT2D eigenvalue weighted by atomic mass is 10.2. The Bertz CT molecular complexity index is 844. The van der Waals surface area contributed by atoms with Crippen LogP contribution in [-0.4, -0.2) is 21.8 Å². The number of hydrogen-bond acceptors (Lipinski definition) is 5. The number of hydrogen-bond donors (Lipinski definition) is 0. The van der Waals surface area contributed by atoms with E-state index in [0.717, 1.165) is 16.5 Å². The number of thiazole rings is 1. The van der Waals surface area contributed by atoms with Gasteiger partial charge in [0.25, 0.3) is 5.91 Å². The fourth-order valence-corrected chi connectivity index (χ4v) is 3.19. The van der Waals surface area contributed by atoms with Crippen LogP contribution >= 0.6 is 22.9 Å². The average Bonchev–Trinajstić information content (AvgIpc) is 3.30. The molecule has 136 valence electrons. The maximum absolute atomic E-state index is 12.6. The second-order valence-electron chi connectivity index (χ2n) is 5.98. The monoisotopic (exact) mass is 390 g/mol. The Kier molecular flexibility index (Phi) is 5.96. The lowest BCUT2D eigenvalue weighted by molar-refractivity contribution is 0.0655. The molecule has 0 fully saturated rings. The normalized spacial score (nSPS) is 10.9. The highest BCUT2D eigenvalue weighted by molar-refractivity contribution is 7.09. The maximum Gasteiger partial charge on any atom is 0.290 e. The summed E-state index contributed by atoms with van der Waals surface area (Å²) in [5.41, 5.74) is 0.832. The molecule has 0 radical (unpaired) electrons. The molecule has 3 aromatic rings. The van der Waals surface area contributed by atoms with E-state index in [1.807, 2.05) is 31.4 Å². The van der Waals surface area contributed by atoms with Crippen LogP contribution < -0.4 is 4.74 Å². The predicted molar refractivity (Wildman–Crippen MR) is 102 cm³/mol. The van der Waals surface area contributed by atoms with E-state index in [2.05, 4.69) is 4.98 Å². The highest BCUT2D eigenvalue weighted by Crippen LogP contribution is 2.20. The van der Waals surface area contributed by atoms with Crippen molar-refractivity contribution >= 4 is 28.8 Å². The van der Waals surface area contributed by atoms with E-state index in [9.17, 15) is 4.79 Å². The molecule has 0 saturated carbocycles. The van der Waals surface area contributed by atoms with Crippen LogP contribution in [-0.2, 0) is 13.2 Å². The van der Waals surface area contributed by atoms with Gasteiger partial charge in [0.15, 0.2) is 5.76 Å². The molecule has 0 unspecified atom stereocenters. The molecule has 0 spiro atoms. The third-order valence-corrected chi connectivity index (χ3v) is 4.85. The summed E-state index contributed by atoms with van der Waals surface area (Å²) < 4.78 is 10.9. The molecule has 1 amide bonds. The van der Waals surface area contributed by atoms with E-state index in [1.165, 1.54) is 17.6 Å². The summed E-state index contributed by atoms with van der Waals surface area (Å²) in [6, 6.07) is 10.6. The Hall–Kier alpha value is -2.31. The molecule has 0 atom stereocenters. The van der Waals surface area contributed by atoms with Gasteiger partial charge in [-0.1, -0.05) is 11.6 Å². The number of benzene rings is 1. The molecular weight excluding hydrogens is 372 g/mol. The average molecular weight is 391 g/mol. The van der Waals surface area contributed by atoms with Crippen LogP contribution in [0.1, 0.15) is 35.1 Å². The second kappa shape index (κ2) is 8.38. The van der Waals surface area contributed by atoms with Crippen molar-refractivity contribution < 1.29 is 13.9 Å². The number of furan rings is 1. The number of carbonyl (C=O) groups is 1. The molecule has 0 aliphatic carbocycles. The third-order valence-electron chi connectivity index (χ3n) is 3.72. The minimum absolute atomic E-state index is 0.0306. The second-order valence-corrected chi connectivity index (χ2v) is 7.36. The molecule has 0 aliphatic heterocycles. The first-order valence-electron chi connectivity index (χ1n) is 8.19. The summed E-state index contributed by atoms with van der Waals surface area (Å²) in [4.78, 5) is 18.9. The number of halogens is 1. The van der Waals surface area contributed by atoms with Crippen molar-refractivity contribution in [2.75, 3.05) is 0 Å². The van der Waals surface area contributed by atoms with Crippen LogP contribution in [0.25, 0.3) is 0 Å². The molecule has 7 heteroatoms. The van der Waals surface area contributed by atoms with Crippen LogP contribution in [0.15, 0.2) is 52.5 Å². The zero-order chi connectivity index (χ0) is 18.5. The van der Waals surface area contributed by atoms with Crippen molar-refractivity contribution in [1.82, 2.24) is 9.88 Å². The minimum atomic E-state index is -0.142. The summed E-state index contributed by atoms with van der Waals surface area (Å²) in [6.45, 7) is 4.74. The summed E-state index contributed by atoms with van der Waals surface area (Å²) in [7, 11) is 0. The minimum Gasteiger partial charge on any atom is -0.486 e. The van der Waals surface area contributed by atoms with Gasteiger partial charge in [-0.2, -0.15) is 0 Å². The third kappa shape index (κ3) is 4.65. The number of nitrogens with zero attached hydrogens (tertiary/aromatic N) is 2. The number of ether oxygens (including phenoxy) is 1. The topological polar surface area (TPSA) is 55.6 Å². The molecule has 0 aliphatic rings. The highest BCUT2D eigenvalue weighted by Gasteiger charge is 2.22. The first-order chi connectivity index (χ1) is 12.5. The smallest absolute Gasteiger partial charge is 0.290 e. The number of rotatable bonds is 7. The standard InChI is InChI=1S/C19H19ClN2O3S/c1-13(2)22(19(23)17-4-3-9-24-17)10-15-12-26-18(21-15)11-25-16-7-5-14(20)6-8-16/h3-9,12-13H,10-11H2,1-2H3. The zero-order valence-corrected chi connectivity index (χ0v) is 16.1. The predicted octanol–water partition coefficient (Wildman–Crippen LogP) is 5.02. The molecule has 2 aromatic heterocycles. The van der Waals surface area contributed by atoms with Crippen LogP contribution in [0, 0.1) is 0 Å². The van der Waals surface area contributed by atoms with Gasteiger partial charge in [-0.15, -0.1) is 11.3 Å². The highest BCUT2D eigenvalue weighted by atomic mass is 35.5. The van der Waals surface area contributed by atoms with Gasteiger partial charge in [-0.25, -0.2) is 4.98 Å². The van der Waals surface area contributed by atoms with Crippen LogP contribution in [0.2, 0.25) is 5.02 Å². The SMILES string of the molecule is CC(C)N(Cc1csc(COc2ccc(Cl)cc2)n1)C(=O)c1ccco1. The first kappa shape index (κ1) is 18.5. The van der Waals surface area contributed by atoms with Crippen molar-refractivity contribution in [2.24, 2.45) is 0 Å². The molecule has 1 aromatic carbocycles. The van der Waals surface area contributed by atoms with E-state index in [1.54, 1.807) is 29.2 Å². The molecule has 26 heavy (non-hydrogen) atoms. The van der Waals surface area contributed by atoms with Crippen molar-refractivity contribution in [3.05, 3.63) is 69.5 Å². The Morgan fingerprint density at radius 3 is 2.73 bits per heavy atom. The van der Waals surface area contributed by atoms with Crippen molar-refractivity contribution in [3.63, 3.8) is 0 Å². The Labute approximate surface area is 161 Å². The summed E-state index contributed by atoms with van der Waals surface area (Å²) in [6.07, 6.45) is 1.50. The van der Waals surface area contributed by atoms with Crippen LogP contribution in [0.4, 0.5) is 0 Å². The summed E-state index contributed by atoms with van der Waals surface area (Å²) >= 11 is 7.38. The van der Waals surface area contributed by atoms with E-state index < -0.39 is 0 Å². The zero-order valence-electron chi connectivity index (χ0n) is 14.5. The van der Waals surface area contributed by atoms with E-state index in [-0.39, 0.29) is 11.9 Å². The molecule has 0 bridgehead atoms. The van der Waals surface area contributed by atoms with Gasteiger partial charge in [0, 0.05) is 16.4 Å².